The molecule has 0 unspecified atom stereocenters. The van der Waals surface area contributed by atoms with Crippen LogP contribution in [0.2, 0.25) is 0 Å². The van der Waals surface area contributed by atoms with Crippen LogP contribution in [0.15, 0.2) is 67.0 Å². The third-order valence-electron chi connectivity index (χ3n) is 5.35. The maximum atomic E-state index is 13.0. The second-order valence-corrected chi connectivity index (χ2v) is 7.39. The lowest BCUT2D eigenvalue weighted by molar-refractivity contribution is -0.120. The number of benzene rings is 2. The first kappa shape index (κ1) is 19.9. The number of aryl methyl sites for hydroxylation is 1. The van der Waals surface area contributed by atoms with Crippen LogP contribution < -0.4 is 15.0 Å². The van der Waals surface area contributed by atoms with E-state index >= 15 is 0 Å². The number of piperidine rings is 1. The second kappa shape index (κ2) is 9.39. The Morgan fingerprint density at radius 3 is 2.70 bits per heavy atom. The average Bonchev–Trinajstić information content (AvgIpc) is 2.80. The molecule has 30 heavy (non-hydrogen) atoms. The van der Waals surface area contributed by atoms with E-state index in [2.05, 4.69) is 33.2 Å². The molecule has 6 nitrogen and oxygen atoms in total. The lowest BCUT2D eigenvalue weighted by Gasteiger charge is -2.33. The van der Waals surface area contributed by atoms with Crippen molar-refractivity contribution in [3.05, 3.63) is 72.6 Å². The zero-order chi connectivity index (χ0) is 20.8. The number of anilines is 2. The summed E-state index contributed by atoms with van der Waals surface area (Å²) >= 11 is 0. The Bertz CT molecular complexity index is 993. The molecule has 0 bridgehead atoms. The van der Waals surface area contributed by atoms with E-state index in [0.717, 1.165) is 37.1 Å². The van der Waals surface area contributed by atoms with Gasteiger partial charge in [0.25, 0.3) is 5.88 Å². The van der Waals surface area contributed by atoms with Crippen molar-refractivity contribution in [1.82, 2.24) is 9.97 Å². The van der Waals surface area contributed by atoms with Crippen molar-refractivity contribution in [3.8, 4) is 11.6 Å². The van der Waals surface area contributed by atoms with Gasteiger partial charge >= 0.3 is 0 Å². The summed E-state index contributed by atoms with van der Waals surface area (Å²) in [5, 5.41) is 3.12. The fourth-order valence-corrected chi connectivity index (χ4v) is 3.78. The van der Waals surface area contributed by atoms with Crippen LogP contribution in [0.5, 0.6) is 11.6 Å². The Morgan fingerprint density at radius 1 is 1.10 bits per heavy atom. The molecule has 1 N–H and O–H groups in total. The van der Waals surface area contributed by atoms with Crippen LogP contribution in [0.1, 0.15) is 25.3 Å². The summed E-state index contributed by atoms with van der Waals surface area (Å²) in [6.07, 6.45) is 5.93. The summed E-state index contributed by atoms with van der Waals surface area (Å²) < 4.78 is 5.97. The number of ether oxygens (including phenoxy) is 1. The summed E-state index contributed by atoms with van der Waals surface area (Å²) in [6, 6.07) is 17.5. The minimum absolute atomic E-state index is 0.0509. The van der Waals surface area contributed by atoms with E-state index in [4.69, 9.17) is 4.74 Å². The van der Waals surface area contributed by atoms with Crippen molar-refractivity contribution in [2.75, 3.05) is 23.3 Å². The number of nitrogens with zero attached hydrogens (tertiary/aromatic N) is 3. The predicted molar refractivity (Wildman–Crippen MR) is 118 cm³/mol. The van der Waals surface area contributed by atoms with E-state index in [-0.39, 0.29) is 11.8 Å². The van der Waals surface area contributed by atoms with Crippen LogP contribution in [0.4, 0.5) is 11.5 Å². The lowest BCUT2D eigenvalue weighted by atomic mass is 9.96. The fraction of sp³-hybridized carbons (Fsp3) is 0.292. The van der Waals surface area contributed by atoms with E-state index < -0.39 is 0 Å². The van der Waals surface area contributed by atoms with Crippen molar-refractivity contribution in [3.63, 3.8) is 0 Å². The molecule has 1 aromatic heterocycles. The molecular weight excluding hydrogens is 376 g/mol. The van der Waals surface area contributed by atoms with Gasteiger partial charge < -0.3 is 15.0 Å². The highest BCUT2D eigenvalue weighted by molar-refractivity contribution is 5.93. The minimum atomic E-state index is -0.116. The van der Waals surface area contributed by atoms with E-state index in [1.54, 1.807) is 12.4 Å². The Kier molecular flexibility index (Phi) is 6.23. The smallest absolute Gasteiger partial charge is 0.263 e. The van der Waals surface area contributed by atoms with Gasteiger partial charge in [-0.3, -0.25) is 4.79 Å². The molecule has 4 rings (SSSR count). The fourth-order valence-electron chi connectivity index (χ4n) is 3.78. The van der Waals surface area contributed by atoms with Gasteiger partial charge in [0, 0.05) is 31.2 Å². The molecule has 2 aromatic carbocycles. The third-order valence-corrected chi connectivity index (χ3v) is 5.35. The van der Waals surface area contributed by atoms with Gasteiger partial charge in [0.1, 0.15) is 5.75 Å². The minimum Gasteiger partial charge on any atom is -0.436 e. The molecule has 0 saturated carbocycles. The Hall–Kier alpha value is -3.41. The highest BCUT2D eigenvalue weighted by atomic mass is 16.5. The van der Waals surface area contributed by atoms with Crippen LogP contribution in [0.3, 0.4) is 0 Å². The number of rotatable bonds is 6. The van der Waals surface area contributed by atoms with E-state index in [9.17, 15) is 4.79 Å². The molecule has 0 spiro atoms. The molecule has 1 amide bonds. The van der Waals surface area contributed by atoms with Gasteiger partial charge in [-0.15, -0.1) is 0 Å². The van der Waals surface area contributed by atoms with Crippen LogP contribution in [-0.4, -0.2) is 29.0 Å². The molecule has 1 aliphatic heterocycles. The standard InChI is InChI=1S/C24H26N4O2/c1-2-18-9-6-7-13-21(18)27-23(29)19-10-8-16-28(17-19)22-24(26-15-14-25-22)30-20-11-4-3-5-12-20/h3-7,9,11-15,19H,2,8,10,16-17H2,1H3,(H,27,29)/t19-/m0/s1. The molecule has 1 aliphatic rings. The van der Waals surface area contributed by atoms with Gasteiger partial charge in [-0.1, -0.05) is 43.3 Å². The molecule has 0 aliphatic carbocycles. The normalized spacial score (nSPS) is 16.2. The van der Waals surface area contributed by atoms with Crippen molar-refractivity contribution >= 4 is 17.4 Å². The van der Waals surface area contributed by atoms with E-state index in [1.165, 1.54) is 0 Å². The molecule has 1 atom stereocenters. The second-order valence-electron chi connectivity index (χ2n) is 7.39. The summed E-state index contributed by atoms with van der Waals surface area (Å²) in [4.78, 5) is 24.0. The average molecular weight is 402 g/mol. The van der Waals surface area contributed by atoms with Gasteiger partial charge in [0.05, 0.1) is 5.92 Å². The van der Waals surface area contributed by atoms with E-state index in [1.807, 2.05) is 48.5 Å². The number of nitrogens with one attached hydrogen (secondary N) is 1. The van der Waals surface area contributed by atoms with Gasteiger partial charge in [0.2, 0.25) is 5.91 Å². The molecule has 1 saturated heterocycles. The van der Waals surface area contributed by atoms with Gasteiger partial charge in [-0.25, -0.2) is 9.97 Å². The van der Waals surface area contributed by atoms with Crippen LogP contribution in [-0.2, 0) is 11.2 Å². The largest absolute Gasteiger partial charge is 0.436 e. The summed E-state index contributed by atoms with van der Waals surface area (Å²) in [7, 11) is 0. The SMILES string of the molecule is CCc1ccccc1NC(=O)[C@H]1CCCN(c2nccnc2Oc2ccccc2)C1. The zero-order valence-corrected chi connectivity index (χ0v) is 17.1. The lowest BCUT2D eigenvalue weighted by Crippen LogP contribution is -2.41. The summed E-state index contributed by atoms with van der Waals surface area (Å²) in [5.74, 6) is 1.78. The number of amides is 1. The van der Waals surface area contributed by atoms with Crippen LogP contribution in [0, 0.1) is 5.92 Å². The maximum absolute atomic E-state index is 13.0. The molecule has 2 heterocycles. The zero-order valence-electron chi connectivity index (χ0n) is 17.1. The highest BCUT2D eigenvalue weighted by Gasteiger charge is 2.29. The van der Waals surface area contributed by atoms with Gasteiger partial charge in [-0.2, -0.15) is 0 Å². The topological polar surface area (TPSA) is 67.4 Å². The molecule has 3 aromatic rings. The van der Waals surface area contributed by atoms with Crippen molar-refractivity contribution in [2.24, 2.45) is 5.92 Å². The predicted octanol–water partition coefficient (Wildman–Crippen LogP) is 4.69. The first-order chi connectivity index (χ1) is 14.7. The van der Waals surface area contributed by atoms with Gasteiger partial charge in [0.15, 0.2) is 5.82 Å². The van der Waals surface area contributed by atoms with Crippen molar-refractivity contribution in [1.29, 1.82) is 0 Å². The number of hydrogen-bond acceptors (Lipinski definition) is 5. The van der Waals surface area contributed by atoms with Crippen molar-refractivity contribution in [2.45, 2.75) is 26.2 Å². The Labute approximate surface area is 176 Å². The number of para-hydroxylation sites is 2. The third kappa shape index (κ3) is 4.59. The van der Waals surface area contributed by atoms with Crippen LogP contribution >= 0.6 is 0 Å². The van der Waals surface area contributed by atoms with Crippen molar-refractivity contribution < 1.29 is 9.53 Å². The van der Waals surface area contributed by atoms with Crippen LogP contribution in [0.25, 0.3) is 0 Å². The van der Waals surface area contributed by atoms with Gasteiger partial charge in [-0.05, 0) is 43.0 Å². The highest BCUT2D eigenvalue weighted by Crippen LogP contribution is 2.31. The quantitative estimate of drug-likeness (QED) is 0.648. The monoisotopic (exact) mass is 402 g/mol. The molecule has 1 fully saturated rings. The number of hydrogen-bond donors (Lipinski definition) is 1. The molecule has 154 valence electrons. The molecule has 6 heteroatoms. The number of carbonyl (C=O) groups is 1. The number of carbonyl (C=O) groups excluding carboxylic acids is 1. The molecular formula is C24H26N4O2. The number of aromatic nitrogens is 2. The first-order valence-corrected chi connectivity index (χ1v) is 10.4. The Balaban J connectivity index is 1.48. The summed E-state index contributed by atoms with van der Waals surface area (Å²) in [5.41, 5.74) is 2.04. The van der Waals surface area contributed by atoms with E-state index in [0.29, 0.717) is 24.0 Å². The summed E-state index contributed by atoms with van der Waals surface area (Å²) in [6.45, 7) is 3.50. The maximum Gasteiger partial charge on any atom is 0.263 e. The first-order valence-electron chi connectivity index (χ1n) is 10.4. The molecule has 0 radical (unpaired) electrons. The Morgan fingerprint density at radius 2 is 1.87 bits per heavy atom.